The third-order valence-electron chi connectivity index (χ3n) is 4.53. The molecule has 0 aromatic heterocycles. The SMILES string of the molecule is Cc1ccc(NC(=O)C(=O)NNC(=O)C(C)(C)c2ccc(OCC(C)C)cc2)cc1. The number of carbonyl (C=O) groups excluding carboxylic acids is 3. The van der Waals surface area contributed by atoms with Gasteiger partial charge in [0.1, 0.15) is 5.75 Å². The molecule has 0 atom stereocenters. The van der Waals surface area contributed by atoms with Crippen molar-refractivity contribution in [2.24, 2.45) is 5.92 Å². The summed E-state index contributed by atoms with van der Waals surface area (Å²) in [6.07, 6.45) is 0. The fourth-order valence-corrected chi connectivity index (χ4v) is 2.51. The summed E-state index contributed by atoms with van der Waals surface area (Å²) < 4.78 is 5.65. The van der Waals surface area contributed by atoms with E-state index in [4.69, 9.17) is 4.74 Å². The summed E-state index contributed by atoms with van der Waals surface area (Å²) >= 11 is 0. The van der Waals surface area contributed by atoms with E-state index in [2.05, 4.69) is 30.0 Å². The van der Waals surface area contributed by atoms with Crippen molar-refractivity contribution in [3.63, 3.8) is 0 Å². The van der Waals surface area contributed by atoms with Crippen LogP contribution in [0.25, 0.3) is 0 Å². The summed E-state index contributed by atoms with van der Waals surface area (Å²) in [4.78, 5) is 36.6. The second-order valence-electron chi connectivity index (χ2n) is 8.08. The molecule has 0 aliphatic rings. The molecular formula is C23H29N3O4. The van der Waals surface area contributed by atoms with Crippen LogP contribution in [0.4, 0.5) is 5.69 Å². The molecule has 0 aliphatic heterocycles. The molecular weight excluding hydrogens is 382 g/mol. The van der Waals surface area contributed by atoms with Crippen molar-refractivity contribution in [3.05, 3.63) is 59.7 Å². The van der Waals surface area contributed by atoms with E-state index in [0.29, 0.717) is 18.2 Å². The van der Waals surface area contributed by atoms with Crippen LogP contribution in [0.3, 0.4) is 0 Å². The van der Waals surface area contributed by atoms with Crippen molar-refractivity contribution in [1.29, 1.82) is 0 Å². The van der Waals surface area contributed by atoms with Gasteiger partial charge in [-0.05, 0) is 56.5 Å². The van der Waals surface area contributed by atoms with Crippen LogP contribution in [0.5, 0.6) is 5.75 Å². The lowest BCUT2D eigenvalue weighted by Crippen LogP contribution is -2.51. The van der Waals surface area contributed by atoms with Gasteiger partial charge in [-0.2, -0.15) is 0 Å². The van der Waals surface area contributed by atoms with E-state index >= 15 is 0 Å². The van der Waals surface area contributed by atoms with Crippen molar-refractivity contribution in [2.45, 2.75) is 40.0 Å². The lowest BCUT2D eigenvalue weighted by Gasteiger charge is -2.24. The van der Waals surface area contributed by atoms with E-state index in [9.17, 15) is 14.4 Å². The molecule has 7 nitrogen and oxygen atoms in total. The molecule has 0 unspecified atom stereocenters. The highest BCUT2D eigenvalue weighted by Crippen LogP contribution is 2.25. The number of anilines is 1. The summed E-state index contributed by atoms with van der Waals surface area (Å²) in [5, 5.41) is 2.47. The van der Waals surface area contributed by atoms with E-state index in [1.54, 1.807) is 50.2 Å². The number of hydrazine groups is 1. The zero-order valence-corrected chi connectivity index (χ0v) is 18.0. The molecule has 0 radical (unpaired) electrons. The Kier molecular flexibility index (Phi) is 7.58. The highest BCUT2D eigenvalue weighted by Gasteiger charge is 2.30. The molecule has 0 saturated heterocycles. The molecule has 3 N–H and O–H groups in total. The summed E-state index contributed by atoms with van der Waals surface area (Å²) in [7, 11) is 0. The monoisotopic (exact) mass is 411 g/mol. The van der Waals surface area contributed by atoms with Gasteiger partial charge in [0.2, 0.25) is 5.91 Å². The van der Waals surface area contributed by atoms with Crippen LogP contribution in [0.1, 0.15) is 38.8 Å². The minimum absolute atomic E-state index is 0.415. The molecule has 0 heterocycles. The Bertz CT molecular complexity index is 888. The van der Waals surface area contributed by atoms with Gasteiger partial charge in [-0.25, -0.2) is 0 Å². The molecule has 30 heavy (non-hydrogen) atoms. The minimum Gasteiger partial charge on any atom is -0.493 e. The van der Waals surface area contributed by atoms with Gasteiger partial charge in [0, 0.05) is 5.69 Å². The first-order valence-electron chi connectivity index (χ1n) is 9.81. The predicted octanol–water partition coefficient (Wildman–Crippen LogP) is 3.09. The first kappa shape index (κ1) is 22.9. The molecule has 0 saturated carbocycles. The van der Waals surface area contributed by atoms with E-state index in [0.717, 1.165) is 16.9 Å². The zero-order chi connectivity index (χ0) is 22.3. The van der Waals surface area contributed by atoms with Crippen LogP contribution in [0.2, 0.25) is 0 Å². The quantitative estimate of drug-likeness (QED) is 0.503. The largest absolute Gasteiger partial charge is 0.493 e. The second-order valence-corrected chi connectivity index (χ2v) is 8.08. The second kappa shape index (κ2) is 9.91. The van der Waals surface area contributed by atoms with Crippen LogP contribution in [0, 0.1) is 12.8 Å². The van der Waals surface area contributed by atoms with Crippen LogP contribution in [-0.4, -0.2) is 24.3 Å². The Labute approximate surface area is 177 Å². The van der Waals surface area contributed by atoms with Crippen molar-refractivity contribution in [3.8, 4) is 5.75 Å². The summed E-state index contributed by atoms with van der Waals surface area (Å²) in [6, 6.07) is 14.2. The van der Waals surface area contributed by atoms with Crippen molar-refractivity contribution in [1.82, 2.24) is 10.9 Å². The molecule has 0 bridgehead atoms. The van der Waals surface area contributed by atoms with Crippen LogP contribution >= 0.6 is 0 Å². The van der Waals surface area contributed by atoms with E-state index in [1.165, 1.54) is 0 Å². The third-order valence-corrected chi connectivity index (χ3v) is 4.53. The molecule has 160 valence electrons. The Hall–Kier alpha value is -3.35. The van der Waals surface area contributed by atoms with Gasteiger partial charge >= 0.3 is 11.8 Å². The highest BCUT2D eigenvalue weighted by atomic mass is 16.5. The number of carbonyl (C=O) groups is 3. The van der Waals surface area contributed by atoms with Gasteiger partial charge in [0.15, 0.2) is 0 Å². The molecule has 2 aromatic carbocycles. The molecule has 0 aliphatic carbocycles. The van der Waals surface area contributed by atoms with Gasteiger partial charge in [-0.3, -0.25) is 25.2 Å². The number of aryl methyl sites for hydroxylation is 1. The minimum atomic E-state index is -0.961. The maximum absolute atomic E-state index is 12.6. The summed E-state index contributed by atoms with van der Waals surface area (Å²) in [5.41, 5.74) is 5.82. The van der Waals surface area contributed by atoms with Crippen molar-refractivity contribution in [2.75, 3.05) is 11.9 Å². The van der Waals surface area contributed by atoms with Gasteiger partial charge in [0.25, 0.3) is 0 Å². The fraction of sp³-hybridized carbons (Fsp3) is 0.348. The Morgan fingerprint density at radius 1 is 0.900 bits per heavy atom. The molecule has 7 heteroatoms. The maximum atomic E-state index is 12.6. The predicted molar refractivity (Wildman–Crippen MR) is 116 cm³/mol. The summed E-state index contributed by atoms with van der Waals surface area (Å²) in [6.45, 7) is 10.1. The van der Waals surface area contributed by atoms with Crippen LogP contribution in [0.15, 0.2) is 48.5 Å². The van der Waals surface area contributed by atoms with Crippen molar-refractivity contribution >= 4 is 23.4 Å². The lowest BCUT2D eigenvalue weighted by atomic mass is 9.84. The lowest BCUT2D eigenvalue weighted by molar-refractivity contribution is -0.138. The standard InChI is InChI=1S/C23H29N3O4/c1-15(2)14-30-19-12-8-17(9-13-19)23(4,5)22(29)26-25-21(28)20(27)24-18-10-6-16(3)7-11-18/h6-13,15H,14H2,1-5H3,(H,24,27)(H,25,28)(H,26,29). The molecule has 3 amide bonds. The number of amides is 3. The van der Waals surface area contributed by atoms with Gasteiger partial charge in [-0.15, -0.1) is 0 Å². The van der Waals surface area contributed by atoms with Crippen LogP contribution < -0.4 is 20.9 Å². The third kappa shape index (κ3) is 6.34. The molecule has 0 spiro atoms. The summed E-state index contributed by atoms with van der Waals surface area (Å²) in [5.74, 6) is -1.14. The number of ether oxygens (including phenoxy) is 1. The zero-order valence-electron chi connectivity index (χ0n) is 18.0. The van der Waals surface area contributed by atoms with Crippen molar-refractivity contribution < 1.29 is 19.1 Å². The Balaban J connectivity index is 1.91. The highest BCUT2D eigenvalue weighted by molar-refractivity contribution is 6.39. The van der Waals surface area contributed by atoms with Crippen LogP contribution in [-0.2, 0) is 19.8 Å². The molecule has 2 aromatic rings. The average molecular weight is 412 g/mol. The number of hydrogen-bond donors (Lipinski definition) is 3. The molecule has 0 fully saturated rings. The molecule has 2 rings (SSSR count). The smallest absolute Gasteiger partial charge is 0.328 e. The van der Waals surface area contributed by atoms with E-state index < -0.39 is 23.1 Å². The topological polar surface area (TPSA) is 96.5 Å². The first-order valence-corrected chi connectivity index (χ1v) is 9.81. The maximum Gasteiger partial charge on any atom is 0.328 e. The number of benzene rings is 2. The number of nitrogens with one attached hydrogen (secondary N) is 3. The average Bonchev–Trinajstić information content (AvgIpc) is 2.72. The normalized spacial score (nSPS) is 11.0. The Morgan fingerprint density at radius 2 is 1.50 bits per heavy atom. The van der Waals surface area contributed by atoms with Gasteiger partial charge < -0.3 is 10.1 Å². The van der Waals surface area contributed by atoms with E-state index in [1.807, 2.05) is 19.1 Å². The van der Waals surface area contributed by atoms with E-state index in [-0.39, 0.29) is 0 Å². The van der Waals surface area contributed by atoms with Gasteiger partial charge in [0.05, 0.1) is 12.0 Å². The Morgan fingerprint density at radius 3 is 2.07 bits per heavy atom. The number of hydrogen-bond acceptors (Lipinski definition) is 4. The fourth-order valence-electron chi connectivity index (χ4n) is 2.51. The van der Waals surface area contributed by atoms with Gasteiger partial charge in [-0.1, -0.05) is 43.7 Å². The number of rotatable bonds is 6. The first-order chi connectivity index (χ1) is 14.1.